The number of fused-ring (bicyclic) bond motifs is 1. The lowest BCUT2D eigenvalue weighted by Gasteiger charge is -2.18. The summed E-state index contributed by atoms with van der Waals surface area (Å²) in [7, 11) is 1.95. The van der Waals surface area contributed by atoms with Crippen LogP contribution in [-0.2, 0) is 20.1 Å². The van der Waals surface area contributed by atoms with Crippen molar-refractivity contribution in [1.82, 2.24) is 25.4 Å². The molecule has 0 spiro atoms. The second-order valence-corrected chi connectivity index (χ2v) is 7.66. The first kappa shape index (κ1) is 20.7. The quantitative estimate of drug-likeness (QED) is 0.364. The highest BCUT2D eigenvalue weighted by atomic mass is 16.3. The summed E-state index contributed by atoms with van der Waals surface area (Å²) in [6.07, 6.45) is 0. The molecule has 1 atom stereocenters. The fraction of sp³-hybridized carbons (Fsp3) is 0.292. The predicted octanol–water partition coefficient (Wildman–Crippen LogP) is 4.17. The number of rotatable bonds is 6. The SMILES string of the molecule is Cc1c(CNC(=NCc2nnc(C)n2C)NC(C)c2ccccc2)oc2ccccc12. The molecule has 2 N–H and O–H groups in total. The van der Waals surface area contributed by atoms with Crippen molar-refractivity contribution in [3.63, 3.8) is 0 Å². The third-order valence-corrected chi connectivity index (χ3v) is 5.57. The Balaban J connectivity index is 1.54. The van der Waals surface area contributed by atoms with Crippen LogP contribution in [0.1, 0.15) is 41.5 Å². The maximum absolute atomic E-state index is 6.05. The van der Waals surface area contributed by atoms with E-state index in [0.717, 1.165) is 33.9 Å². The average Bonchev–Trinajstić information content (AvgIpc) is 3.29. The fourth-order valence-electron chi connectivity index (χ4n) is 3.48. The van der Waals surface area contributed by atoms with Crippen molar-refractivity contribution >= 4 is 16.9 Å². The van der Waals surface area contributed by atoms with Gasteiger partial charge in [0.15, 0.2) is 11.8 Å². The van der Waals surface area contributed by atoms with E-state index in [0.29, 0.717) is 19.0 Å². The van der Waals surface area contributed by atoms with Gasteiger partial charge < -0.3 is 19.6 Å². The first-order valence-electron chi connectivity index (χ1n) is 10.4. The molecule has 0 aliphatic heterocycles. The average molecular weight is 417 g/mol. The summed E-state index contributed by atoms with van der Waals surface area (Å²) in [5.74, 6) is 3.27. The maximum Gasteiger partial charge on any atom is 0.192 e. The smallest absolute Gasteiger partial charge is 0.192 e. The summed E-state index contributed by atoms with van der Waals surface area (Å²) in [6.45, 7) is 7.09. The molecule has 7 nitrogen and oxygen atoms in total. The molecule has 4 aromatic rings. The molecule has 4 rings (SSSR count). The summed E-state index contributed by atoms with van der Waals surface area (Å²) < 4.78 is 8.00. The first-order valence-corrected chi connectivity index (χ1v) is 10.4. The van der Waals surface area contributed by atoms with E-state index >= 15 is 0 Å². The van der Waals surface area contributed by atoms with Gasteiger partial charge in [-0.05, 0) is 32.4 Å². The number of para-hydroxylation sites is 1. The van der Waals surface area contributed by atoms with Gasteiger partial charge in [0.25, 0.3) is 0 Å². The maximum atomic E-state index is 6.05. The van der Waals surface area contributed by atoms with Crippen molar-refractivity contribution in [2.45, 2.75) is 39.9 Å². The molecule has 0 amide bonds. The van der Waals surface area contributed by atoms with Gasteiger partial charge in [0, 0.05) is 18.0 Å². The number of aryl methyl sites for hydroxylation is 2. The Labute approximate surface area is 182 Å². The Morgan fingerprint density at radius 1 is 1.06 bits per heavy atom. The summed E-state index contributed by atoms with van der Waals surface area (Å²) in [5, 5.41) is 16.4. The van der Waals surface area contributed by atoms with E-state index in [1.54, 1.807) is 0 Å². The van der Waals surface area contributed by atoms with Crippen molar-refractivity contribution in [2.75, 3.05) is 0 Å². The van der Waals surface area contributed by atoms with Crippen LogP contribution in [0.2, 0.25) is 0 Å². The molecular formula is C24H28N6O. The van der Waals surface area contributed by atoms with Crippen molar-refractivity contribution < 1.29 is 4.42 Å². The van der Waals surface area contributed by atoms with Crippen LogP contribution >= 0.6 is 0 Å². The molecule has 0 fully saturated rings. The number of nitrogens with one attached hydrogen (secondary N) is 2. The van der Waals surface area contributed by atoms with Gasteiger partial charge in [-0.1, -0.05) is 48.5 Å². The first-order chi connectivity index (χ1) is 15.0. The molecule has 7 heteroatoms. The van der Waals surface area contributed by atoms with Crippen molar-refractivity contribution in [2.24, 2.45) is 12.0 Å². The van der Waals surface area contributed by atoms with E-state index in [1.165, 1.54) is 5.56 Å². The lowest BCUT2D eigenvalue weighted by molar-refractivity contribution is 0.532. The minimum Gasteiger partial charge on any atom is -0.459 e. The van der Waals surface area contributed by atoms with Crippen molar-refractivity contribution in [1.29, 1.82) is 0 Å². The molecule has 160 valence electrons. The normalized spacial score (nSPS) is 12.8. The highest BCUT2D eigenvalue weighted by Crippen LogP contribution is 2.24. The fourth-order valence-corrected chi connectivity index (χ4v) is 3.48. The molecule has 1 unspecified atom stereocenters. The Bertz CT molecular complexity index is 1190. The van der Waals surface area contributed by atoms with Crippen LogP contribution in [0.15, 0.2) is 64.0 Å². The van der Waals surface area contributed by atoms with Gasteiger partial charge in [0.2, 0.25) is 0 Å². The molecule has 0 bridgehead atoms. The summed E-state index contributed by atoms with van der Waals surface area (Å²) >= 11 is 0. The van der Waals surface area contributed by atoms with Gasteiger partial charge >= 0.3 is 0 Å². The van der Waals surface area contributed by atoms with Crippen molar-refractivity contribution in [3.8, 4) is 0 Å². The number of hydrogen-bond donors (Lipinski definition) is 2. The van der Waals surface area contributed by atoms with E-state index in [-0.39, 0.29) is 6.04 Å². The largest absolute Gasteiger partial charge is 0.459 e. The third kappa shape index (κ3) is 4.60. The second kappa shape index (κ2) is 9.04. The van der Waals surface area contributed by atoms with Crippen LogP contribution in [0.3, 0.4) is 0 Å². The van der Waals surface area contributed by atoms with Gasteiger partial charge in [0.05, 0.1) is 12.6 Å². The molecule has 0 saturated carbocycles. The minimum absolute atomic E-state index is 0.0884. The van der Waals surface area contributed by atoms with Gasteiger partial charge in [-0.15, -0.1) is 10.2 Å². The number of aliphatic imine (C=N–C) groups is 1. The highest BCUT2D eigenvalue weighted by molar-refractivity contribution is 5.83. The van der Waals surface area contributed by atoms with E-state index < -0.39 is 0 Å². The molecule has 0 aliphatic rings. The third-order valence-electron chi connectivity index (χ3n) is 5.57. The molecule has 2 aromatic carbocycles. The Morgan fingerprint density at radius 3 is 2.52 bits per heavy atom. The number of guanidine groups is 1. The topological polar surface area (TPSA) is 80.3 Å². The summed E-state index contributed by atoms with van der Waals surface area (Å²) in [5.41, 5.74) is 3.23. The van der Waals surface area contributed by atoms with Crippen LogP contribution < -0.4 is 10.6 Å². The number of benzene rings is 2. The lowest BCUT2D eigenvalue weighted by atomic mass is 10.1. The van der Waals surface area contributed by atoms with Gasteiger partial charge in [-0.25, -0.2) is 4.99 Å². The highest BCUT2D eigenvalue weighted by Gasteiger charge is 2.13. The zero-order valence-corrected chi connectivity index (χ0v) is 18.4. The minimum atomic E-state index is 0.0884. The number of aromatic nitrogens is 3. The van der Waals surface area contributed by atoms with E-state index in [4.69, 9.17) is 9.41 Å². The zero-order chi connectivity index (χ0) is 21.8. The Kier molecular flexibility index (Phi) is 6.02. The number of nitrogens with zero attached hydrogens (tertiary/aromatic N) is 4. The molecule has 2 aromatic heterocycles. The molecule has 2 heterocycles. The molecule has 0 radical (unpaired) electrons. The van der Waals surface area contributed by atoms with Gasteiger partial charge in [-0.3, -0.25) is 0 Å². The van der Waals surface area contributed by atoms with Crippen LogP contribution in [0, 0.1) is 13.8 Å². The second-order valence-electron chi connectivity index (χ2n) is 7.66. The van der Waals surface area contributed by atoms with Gasteiger partial charge in [0.1, 0.15) is 23.7 Å². The molecular weight excluding hydrogens is 388 g/mol. The van der Waals surface area contributed by atoms with Crippen LogP contribution in [0.4, 0.5) is 0 Å². The van der Waals surface area contributed by atoms with Crippen molar-refractivity contribution in [3.05, 3.63) is 83.1 Å². The van der Waals surface area contributed by atoms with Crippen LogP contribution in [0.25, 0.3) is 11.0 Å². The summed E-state index contributed by atoms with van der Waals surface area (Å²) in [6, 6.07) is 18.5. The van der Waals surface area contributed by atoms with Gasteiger partial charge in [-0.2, -0.15) is 0 Å². The summed E-state index contributed by atoms with van der Waals surface area (Å²) in [4.78, 5) is 4.76. The van der Waals surface area contributed by atoms with Crippen LogP contribution in [0.5, 0.6) is 0 Å². The zero-order valence-electron chi connectivity index (χ0n) is 18.4. The van der Waals surface area contributed by atoms with E-state index in [1.807, 2.05) is 54.9 Å². The molecule has 0 aliphatic carbocycles. The predicted molar refractivity (Wildman–Crippen MR) is 123 cm³/mol. The standard InChI is InChI=1S/C24H28N6O/c1-16-20-12-8-9-13-21(20)31-22(16)14-25-24(26-15-23-29-28-18(3)30(23)4)27-17(2)19-10-6-5-7-11-19/h5-13,17H,14-15H2,1-4H3,(H2,25,26,27). The monoisotopic (exact) mass is 416 g/mol. The number of hydrogen-bond acceptors (Lipinski definition) is 4. The Morgan fingerprint density at radius 2 is 1.81 bits per heavy atom. The lowest BCUT2D eigenvalue weighted by Crippen LogP contribution is -2.38. The van der Waals surface area contributed by atoms with Crippen LogP contribution in [-0.4, -0.2) is 20.7 Å². The molecule has 0 saturated heterocycles. The molecule has 31 heavy (non-hydrogen) atoms. The number of furan rings is 1. The van der Waals surface area contributed by atoms with E-state index in [9.17, 15) is 0 Å². The van der Waals surface area contributed by atoms with E-state index in [2.05, 4.69) is 52.9 Å². The Hall–Kier alpha value is -3.61.